The highest BCUT2D eigenvalue weighted by atomic mass is 19.1. The van der Waals surface area contributed by atoms with Crippen LogP contribution in [0.2, 0.25) is 0 Å². The van der Waals surface area contributed by atoms with E-state index in [9.17, 15) is 9.50 Å². The molecule has 2 nitrogen and oxygen atoms in total. The molecule has 0 saturated heterocycles. The predicted octanol–water partition coefficient (Wildman–Crippen LogP) is 3.73. The molecular formula is C17H19FO2. The van der Waals surface area contributed by atoms with E-state index in [1.165, 1.54) is 13.2 Å². The molecule has 0 bridgehead atoms. The van der Waals surface area contributed by atoms with Crippen molar-refractivity contribution in [2.75, 3.05) is 7.11 Å². The van der Waals surface area contributed by atoms with E-state index < -0.39 is 11.9 Å². The summed E-state index contributed by atoms with van der Waals surface area (Å²) in [4.78, 5) is 0. The largest absolute Gasteiger partial charge is 0.494 e. The average molecular weight is 274 g/mol. The van der Waals surface area contributed by atoms with Crippen molar-refractivity contribution in [3.8, 4) is 5.75 Å². The molecule has 0 radical (unpaired) electrons. The maximum Gasteiger partial charge on any atom is 0.165 e. The Hall–Kier alpha value is -1.87. The van der Waals surface area contributed by atoms with Crippen LogP contribution in [0.3, 0.4) is 0 Å². The molecule has 0 spiro atoms. The molecule has 1 N–H and O–H groups in total. The Morgan fingerprint density at radius 3 is 2.30 bits per heavy atom. The number of methoxy groups -OCH3 is 1. The van der Waals surface area contributed by atoms with Crippen LogP contribution in [0.4, 0.5) is 4.39 Å². The number of hydrogen-bond donors (Lipinski definition) is 1. The summed E-state index contributed by atoms with van der Waals surface area (Å²) in [5, 5.41) is 10.3. The maximum absolute atomic E-state index is 13.6. The molecule has 1 atom stereocenters. The monoisotopic (exact) mass is 274 g/mol. The average Bonchev–Trinajstić information content (AvgIpc) is 2.37. The van der Waals surface area contributed by atoms with Gasteiger partial charge in [-0.2, -0.15) is 0 Å². The zero-order valence-electron chi connectivity index (χ0n) is 12.0. The lowest BCUT2D eigenvalue weighted by molar-refractivity contribution is 0.178. The second kappa shape index (κ2) is 6.06. The molecule has 0 aromatic heterocycles. The van der Waals surface area contributed by atoms with Gasteiger partial charge in [0, 0.05) is 6.42 Å². The van der Waals surface area contributed by atoms with Gasteiger partial charge in [-0.05, 0) is 37.1 Å². The van der Waals surface area contributed by atoms with E-state index in [4.69, 9.17) is 4.74 Å². The Morgan fingerprint density at radius 2 is 1.75 bits per heavy atom. The van der Waals surface area contributed by atoms with Crippen LogP contribution in [0.15, 0.2) is 36.4 Å². The molecular weight excluding hydrogens is 255 g/mol. The Balaban J connectivity index is 2.18. The van der Waals surface area contributed by atoms with Crippen LogP contribution in [0, 0.1) is 19.7 Å². The van der Waals surface area contributed by atoms with Crippen molar-refractivity contribution in [3.05, 3.63) is 64.5 Å². The molecule has 2 rings (SSSR count). The van der Waals surface area contributed by atoms with Crippen LogP contribution in [-0.4, -0.2) is 12.2 Å². The normalized spacial score (nSPS) is 12.2. The van der Waals surface area contributed by atoms with Crippen LogP contribution in [0.25, 0.3) is 0 Å². The Kier molecular flexibility index (Phi) is 4.40. The van der Waals surface area contributed by atoms with Gasteiger partial charge < -0.3 is 9.84 Å². The number of aliphatic hydroxyl groups excluding tert-OH is 1. The Labute approximate surface area is 118 Å². The van der Waals surface area contributed by atoms with Gasteiger partial charge in [0.15, 0.2) is 11.6 Å². The highest BCUT2D eigenvalue weighted by molar-refractivity contribution is 5.33. The van der Waals surface area contributed by atoms with Crippen molar-refractivity contribution in [1.29, 1.82) is 0 Å². The van der Waals surface area contributed by atoms with E-state index in [2.05, 4.69) is 6.07 Å². The lowest BCUT2D eigenvalue weighted by Gasteiger charge is -2.13. The summed E-state index contributed by atoms with van der Waals surface area (Å²) < 4.78 is 18.5. The first kappa shape index (κ1) is 14.5. The van der Waals surface area contributed by atoms with Crippen molar-refractivity contribution in [2.24, 2.45) is 0 Å². The molecule has 0 aliphatic carbocycles. The van der Waals surface area contributed by atoms with Crippen molar-refractivity contribution in [3.63, 3.8) is 0 Å². The minimum Gasteiger partial charge on any atom is -0.494 e. The van der Waals surface area contributed by atoms with Crippen molar-refractivity contribution >= 4 is 0 Å². The maximum atomic E-state index is 13.6. The van der Waals surface area contributed by atoms with Crippen LogP contribution in [0.5, 0.6) is 5.75 Å². The summed E-state index contributed by atoms with van der Waals surface area (Å²) >= 11 is 0. The van der Waals surface area contributed by atoms with Gasteiger partial charge in [0.05, 0.1) is 13.2 Å². The highest BCUT2D eigenvalue weighted by Crippen LogP contribution is 2.24. The smallest absolute Gasteiger partial charge is 0.165 e. The SMILES string of the molecule is COc1ccc(CC(O)c2cc(C)cc(C)c2)cc1F. The first-order chi connectivity index (χ1) is 9.49. The summed E-state index contributed by atoms with van der Waals surface area (Å²) in [6.45, 7) is 3.99. The number of benzene rings is 2. The molecule has 2 aromatic rings. The minimum atomic E-state index is -0.638. The second-order valence-electron chi connectivity index (χ2n) is 5.11. The van der Waals surface area contributed by atoms with E-state index in [0.717, 1.165) is 22.3 Å². The molecule has 0 fully saturated rings. The molecule has 0 aliphatic rings. The number of hydrogen-bond acceptors (Lipinski definition) is 2. The number of ether oxygens (including phenoxy) is 1. The van der Waals surface area contributed by atoms with E-state index in [1.54, 1.807) is 12.1 Å². The van der Waals surface area contributed by atoms with Gasteiger partial charge in [-0.15, -0.1) is 0 Å². The molecule has 2 aromatic carbocycles. The van der Waals surface area contributed by atoms with Crippen LogP contribution >= 0.6 is 0 Å². The molecule has 0 saturated carbocycles. The van der Waals surface area contributed by atoms with Crippen molar-refractivity contribution in [2.45, 2.75) is 26.4 Å². The van der Waals surface area contributed by atoms with Gasteiger partial charge in [-0.1, -0.05) is 35.4 Å². The van der Waals surface area contributed by atoms with Gasteiger partial charge in [0.1, 0.15) is 0 Å². The van der Waals surface area contributed by atoms with Gasteiger partial charge in [0.25, 0.3) is 0 Å². The molecule has 0 amide bonds. The summed E-state index contributed by atoms with van der Waals surface area (Å²) in [5.74, 6) is -0.188. The molecule has 20 heavy (non-hydrogen) atoms. The van der Waals surface area contributed by atoms with Gasteiger partial charge >= 0.3 is 0 Å². The molecule has 1 unspecified atom stereocenters. The fourth-order valence-electron chi connectivity index (χ4n) is 2.38. The lowest BCUT2D eigenvalue weighted by atomic mass is 9.98. The van der Waals surface area contributed by atoms with E-state index in [-0.39, 0.29) is 5.75 Å². The summed E-state index contributed by atoms with van der Waals surface area (Å²) in [5.41, 5.74) is 3.83. The molecule has 3 heteroatoms. The molecule has 0 aliphatic heterocycles. The number of rotatable bonds is 4. The van der Waals surface area contributed by atoms with Gasteiger partial charge in [-0.3, -0.25) is 0 Å². The van der Waals surface area contributed by atoms with Crippen LogP contribution < -0.4 is 4.74 Å². The van der Waals surface area contributed by atoms with Gasteiger partial charge in [-0.25, -0.2) is 4.39 Å². The zero-order valence-corrected chi connectivity index (χ0v) is 12.0. The van der Waals surface area contributed by atoms with Crippen LogP contribution in [0.1, 0.15) is 28.4 Å². The fourth-order valence-corrected chi connectivity index (χ4v) is 2.38. The second-order valence-corrected chi connectivity index (χ2v) is 5.11. The third kappa shape index (κ3) is 3.36. The van der Waals surface area contributed by atoms with Crippen molar-refractivity contribution in [1.82, 2.24) is 0 Å². The predicted molar refractivity (Wildman–Crippen MR) is 77.5 cm³/mol. The first-order valence-electron chi connectivity index (χ1n) is 6.58. The van der Waals surface area contributed by atoms with Gasteiger partial charge in [0.2, 0.25) is 0 Å². The minimum absolute atomic E-state index is 0.217. The number of halogens is 1. The third-order valence-electron chi connectivity index (χ3n) is 3.27. The molecule has 106 valence electrons. The quantitative estimate of drug-likeness (QED) is 0.920. The molecule has 0 heterocycles. The zero-order chi connectivity index (χ0) is 14.7. The first-order valence-corrected chi connectivity index (χ1v) is 6.58. The van der Waals surface area contributed by atoms with E-state index in [1.807, 2.05) is 26.0 Å². The lowest BCUT2D eigenvalue weighted by Crippen LogP contribution is -2.03. The summed E-state index contributed by atoms with van der Waals surface area (Å²) in [6.07, 6.45) is -0.259. The topological polar surface area (TPSA) is 29.5 Å². The van der Waals surface area contributed by atoms with Crippen LogP contribution in [-0.2, 0) is 6.42 Å². The third-order valence-corrected chi connectivity index (χ3v) is 3.27. The van der Waals surface area contributed by atoms with E-state index >= 15 is 0 Å². The fraction of sp³-hybridized carbons (Fsp3) is 0.294. The summed E-state index contributed by atoms with van der Waals surface area (Å²) in [6, 6.07) is 10.7. The number of aryl methyl sites for hydroxylation is 2. The highest BCUT2D eigenvalue weighted by Gasteiger charge is 2.11. The Bertz CT molecular complexity index is 588. The number of aliphatic hydroxyl groups is 1. The Morgan fingerprint density at radius 1 is 1.10 bits per heavy atom. The van der Waals surface area contributed by atoms with Crippen molar-refractivity contribution < 1.29 is 14.2 Å². The van der Waals surface area contributed by atoms with E-state index in [0.29, 0.717) is 6.42 Å². The standard InChI is InChI=1S/C17H19FO2/c1-11-6-12(2)8-14(7-11)16(19)10-13-4-5-17(20-3)15(18)9-13/h4-9,16,19H,10H2,1-3H3. The summed E-state index contributed by atoms with van der Waals surface area (Å²) in [7, 11) is 1.43.